The van der Waals surface area contributed by atoms with Gasteiger partial charge >= 0.3 is 0 Å². The molecule has 1 N–H and O–H groups in total. The van der Waals surface area contributed by atoms with E-state index in [2.05, 4.69) is 11.4 Å². The first-order chi connectivity index (χ1) is 13.1. The van der Waals surface area contributed by atoms with Gasteiger partial charge in [0.25, 0.3) is 11.8 Å². The van der Waals surface area contributed by atoms with Crippen LogP contribution in [-0.4, -0.2) is 35.8 Å². The number of fused-ring (bicyclic) bond motifs is 1. The number of piperidine rings is 1. The molecule has 1 aliphatic heterocycles. The Labute approximate surface area is 158 Å². The van der Waals surface area contributed by atoms with Gasteiger partial charge < -0.3 is 10.2 Å². The average Bonchev–Trinajstić information content (AvgIpc) is 3.16. The Morgan fingerprint density at radius 1 is 1.00 bits per heavy atom. The van der Waals surface area contributed by atoms with Crippen LogP contribution in [0.5, 0.6) is 0 Å². The number of halogens is 1. The molecule has 2 aromatic carbocycles. The van der Waals surface area contributed by atoms with Crippen molar-refractivity contribution in [3.8, 4) is 0 Å². The van der Waals surface area contributed by atoms with E-state index in [0.29, 0.717) is 25.9 Å². The predicted octanol–water partition coefficient (Wildman–Crippen LogP) is 3.35. The van der Waals surface area contributed by atoms with E-state index in [1.165, 1.54) is 29.7 Å². The van der Waals surface area contributed by atoms with Gasteiger partial charge in [-0.2, -0.15) is 0 Å². The zero-order valence-electron chi connectivity index (χ0n) is 15.2. The Kier molecular flexibility index (Phi) is 4.92. The number of nitrogens with zero attached hydrogens (tertiary/aromatic N) is 1. The molecule has 2 amide bonds. The zero-order chi connectivity index (χ0) is 18.8. The summed E-state index contributed by atoms with van der Waals surface area (Å²) in [6.45, 7) is 1.19. The molecule has 0 atom stereocenters. The van der Waals surface area contributed by atoms with Gasteiger partial charge in [-0.15, -0.1) is 0 Å². The van der Waals surface area contributed by atoms with Gasteiger partial charge in [-0.05, 0) is 67.5 Å². The second-order valence-electron chi connectivity index (χ2n) is 7.36. The summed E-state index contributed by atoms with van der Waals surface area (Å²) in [5.74, 6) is -0.848. The smallest absolute Gasteiger partial charge is 0.254 e. The van der Waals surface area contributed by atoms with Crippen LogP contribution >= 0.6 is 0 Å². The largest absolute Gasteiger partial charge is 0.349 e. The van der Waals surface area contributed by atoms with E-state index < -0.39 is 11.7 Å². The monoisotopic (exact) mass is 366 g/mol. The van der Waals surface area contributed by atoms with Gasteiger partial charge in [-0.25, -0.2) is 4.39 Å². The zero-order valence-corrected chi connectivity index (χ0v) is 15.2. The molecule has 1 fully saturated rings. The number of aryl methyl sites for hydroxylation is 2. The summed E-state index contributed by atoms with van der Waals surface area (Å²) < 4.78 is 13.7. The van der Waals surface area contributed by atoms with Gasteiger partial charge in [0.15, 0.2) is 0 Å². The minimum absolute atomic E-state index is 0.0406. The van der Waals surface area contributed by atoms with Crippen molar-refractivity contribution in [3.63, 3.8) is 0 Å². The Hall–Kier alpha value is -2.69. The summed E-state index contributed by atoms with van der Waals surface area (Å²) in [5.41, 5.74) is 3.48. The molecular weight excluding hydrogens is 343 g/mol. The summed E-state index contributed by atoms with van der Waals surface area (Å²) in [5, 5.41) is 2.89. The molecule has 1 heterocycles. The van der Waals surface area contributed by atoms with Gasteiger partial charge in [0.2, 0.25) is 0 Å². The molecule has 140 valence electrons. The van der Waals surface area contributed by atoms with Crippen molar-refractivity contribution in [3.05, 3.63) is 70.5 Å². The standard InChI is InChI=1S/C22H23FN2O2/c23-20-7-2-1-6-19(20)21(26)24-18-10-12-25(13-11-18)22(27)17-9-8-15-4-3-5-16(15)14-17/h1-2,6-9,14,18H,3-5,10-13H2,(H,24,26). The second-order valence-corrected chi connectivity index (χ2v) is 7.36. The minimum Gasteiger partial charge on any atom is -0.349 e. The molecule has 0 spiro atoms. The lowest BCUT2D eigenvalue weighted by molar-refractivity contribution is 0.0698. The molecule has 4 nitrogen and oxygen atoms in total. The number of likely N-dealkylation sites (tertiary alicyclic amines) is 1. The van der Waals surface area contributed by atoms with Gasteiger partial charge in [0.05, 0.1) is 5.56 Å². The minimum atomic E-state index is -0.515. The van der Waals surface area contributed by atoms with Crippen molar-refractivity contribution in [1.29, 1.82) is 0 Å². The van der Waals surface area contributed by atoms with Crippen LogP contribution in [0.1, 0.15) is 51.1 Å². The number of hydrogen-bond donors (Lipinski definition) is 1. The first-order valence-corrected chi connectivity index (χ1v) is 9.58. The van der Waals surface area contributed by atoms with Crippen LogP contribution in [0.4, 0.5) is 4.39 Å². The molecule has 1 aliphatic carbocycles. The van der Waals surface area contributed by atoms with Gasteiger partial charge in [0, 0.05) is 24.7 Å². The molecule has 1 saturated heterocycles. The highest BCUT2D eigenvalue weighted by atomic mass is 19.1. The highest BCUT2D eigenvalue weighted by molar-refractivity contribution is 5.95. The van der Waals surface area contributed by atoms with Crippen LogP contribution in [0.3, 0.4) is 0 Å². The van der Waals surface area contributed by atoms with E-state index in [1.54, 1.807) is 12.1 Å². The summed E-state index contributed by atoms with van der Waals surface area (Å²) >= 11 is 0. The van der Waals surface area contributed by atoms with Crippen LogP contribution in [0.15, 0.2) is 42.5 Å². The van der Waals surface area contributed by atoms with Crippen LogP contribution in [0, 0.1) is 5.82 Å². The van der Waals surface area contributed by atoms with E-state index >= 15 is 0 Å². The van der Waals surface area contributed by atoms with Crippen LogP contribution < -0.4 is 5.32 Å². The van der Waals surface area contributed by atoms with E-state index in [0.717, 1.165) is 18.4 Å². The first kappa shape index (κ1) is 17.7. The fraction of sp³-hybridized carbons (Fsp3) is 0.364. The van der Waals surface area contributed by atoms with E-state index in [9.17, 15) is 14.0 Å². The number of carbonyl (C=O) groups excluding carboxylic acids is 2. The average molecular weight is 366 g/mol. The molecule has 2 aliphatic rings. The highest BCUT2D eigenvalue weighted by Crippen LogP contribution is 2.24. The molecule has 0 radical (unpaired) electrons. The second kappa shape index (κ2) is 7.51. The summed E-state index contributed by atoms with van der Waals surface area (Å²) in [4.78, 5) is 26.9. The maximum absolute atomic E-state index is 13.7. The fourth-order valence-corrected chi connectivity index (χ4v) is 4.02. The van der Waals surface area contributed by atoms with E-state index in [1.807, 2.05) is 17.0 Å². The summed E-state index contributed by atoms with van der Waals surface area (Å²) in [7, 11) is 0. The van der Waals surface area contributed by atoms with Crippen LogP contribution in [0.2, 0.25) is 0 Å². The van der Waals surface area contributed by atoms with Crippen molar-refractivity contribution >= 4 is 11.8 Å². The molecule has 5 heteroatoms. The van der Waals surface area contributed by atoms with Gasteiger partial charge in [0.1, 0.15) is 5.82 Å². The molecule has 0 bridgehead atoms. The number of benzene rings is 2. The van der Waals surface area contributed by atoms with Crippen molar-refractivity contribution in [2.24, 2.45) is 0 Å². The molecule has 0 unspecified atom stereocenters. The third-order valence-corrected chi connectivity index (χ3v) is 5.58. The number of hydrogen-bond acceptors (Lipinski definition) is 2. The molecule has 0 saturated carbocycles. The highest BCUT2D eigenvalue weighted by Gasteiger charge is 2.26. The SMILES string of the molecule is O=C(NC1CCN(C(=O)c2ccc3c(c2)CCC3)CC1)c1ccccc1F. The number of rotatable bonds is 3. The molecular formula is C22H23FN2O2. The topological polar surface area (TPSA) is 49.4 Å². The predicted molar refractivity (Wildman–Crippen MR) is 101 cm³/mol. The fourth-order valence-electron chi connectivity index (χ4n) is 4.02. The van der Waals surface area contributed by atoms with Crippen molar-refractivity contribution in [2.75, 3.05) is 13.1 Å². The van der Waals surface area contributed by atoms with Crippen LogP contribution in [0.25, 0.3) is 0 Å². The van der Waals surface area contributed by atoms with Crippen molar-refractivity contribution in [2.45, 2.75) is 38.1 Å². The first-order valence-electron chi connectivity index (χ1n) is 9.58. The molecule has 27 heavy (non-hydrogen) atoms. The summed E-state index contributed by atoms with van der Waals surface area (Å²) in [6.07, 6.45) is 4.69. The lowest BCUT2D eigenvalue weighted by Gasteiger charge is -2.32. The Morgan fingerprint density at radius 3 is 2.52 bits per heavy atom. The number of amides is 2. The normalized spacial score (nSPS) is 16.9. The summed E-state index contributed by atoms with van der Waals surface area (Å²) in [6, 6.07) is 12.0. The lowest BCUT2D eigenvalue weighted by Crippen LogP contribution is -2.46. The molecule has 0 aromatic heterocycles. The number of nitrogens with one attached hydrogen (secondary N) is 1. The van der Waals surface area contributed by atoms with Gasteiger partial charge in [-0.3, -0.25) is 9.59 Å². The Bertz CT molecular complexity index is 872. The molecule has 2 aromatic rings. The third kappa shape index (κ3) is 3.72. The number of carbonyl (C=O) groups is 2. The third-order valence-electron chi connectivity index (χ3n) is 5.58. The maximum Gasteiger partial charge on any atom is 0.254 e. The van der Waals surface area contributed by atoms with Crippen LogP contribution in [-0.2, 0) is 12.8 Å². The van der Waals surface area contributed by atoms with E-state index in [-0.39, 0.29) is 17.5 Å². The maximum atomic E-state index is 13.7. The van der Waals surface area contributed by atoms with Crippen molar-refractivity contribution in [1.82, 2.24) is 10.2 Å². The van der Waals surface area contributed by atoms with Crippen molar-refractivity contribution < 1.29 is 14.0 Å². The lowest BCUT2D eigenvalue weighted by atomic mass is 10.0. The Morgan fingerprint density at radius 2 is 1.74 bits per heavy atom. The quantitative estimate of drug-likeness (QED) is 0.906. The van der Waals surface area contributed by atoms with E-state index in [4.69, 9.17) is 0 Å². The Balaban J connectivity index is 1.34. The van der Waals surface area contributed by atoms with Gasteiger partial charge in [-0.1, -0.05) is 18.2 Å². The molecule has 4 rings (SSSR count).